The summed E-state index contributed by atoms with van der Waals surface area (Å²) in [6.07, 6.45) is 2.22. The van der Waals surface area contributed by atoms with Crippen molar-refractivity contribution in [1.82, 2.24) is 30.0 Å². The fraction of sp³-hybridized carbons (Fsp3) is 0.545. The summed E-state index contributed by atoms with van der Waals surface area (Å²) in [5, 5.41) is 19.2. The van der Waals surface area contributed by atoms with Gasteiger partial charge in [-0.25, -0.2) is 4.68 Å². The Balaban J connectivity index is 1.56. The minimum absolute atomic E-state index is 0.0941. The Morgan fingerprint density at radius 2 is 2.35 bits per heavy atom. The maximum atomic E-state index is 11.9. The van der Waals surface area contributed by atoms with Gasteiger partial charge in [-0.1, -0.05) is 11.8 Å². The Morgan fingerprint density at radius 1 is 1.55 bits per heavy atom. The van der Waals surface area contributed by atoms with Gasteiger partial charge in [-0.2, -0.15) is 5.10 Å². The lowest BCUT2D eigenvalue weighted by Crippen LogP contribution is -2.16. The number of hydrogen-bond acceptors (Lipinski definition) is 6. The molecule has 2 aromatic rings. The molecule has 1 fully saturated rings. The van der Waals surface area contributed by atoms with Crippen LogP contribution in [0.3, 0.4) is 0 Å². The normalized spacial score (nSPS) is 14.5. The van der Waals surface area contributed by atoms with Crippen LogP contribution in [0.2, 0.25) is 0 Å². The second-order valence-corrected chi connectivity index (χ2v) is 5.71. The van der Waals surface area contributed by atoms with Gasteiger partial charge in [0, 0.05) is 13.1 Å². The molecule has 0 saturated heterocycles. The van der Waals surface area contributed by atoms with Gasteiger partial charge in [-0.05, 0) is 30.2 Å². The van der Waals surface area contributed by atoms with Crippen molar-refractivity contribution in [3.63, 3.8) is 0 Å². The third kappa shape index (κ3) is 2.82. The summed E-state index contributed by atoms with van der Waals surface area (Å²) < 4.78 is 3.44. The minimum atomic E-state index is -0.0941. The van der Waals surface area contributed by atoms with Crippen LogP contribution in [0.25, 0.3) is 0 Å². The number of aromatic nitrogens is 6. The number of carbonyl (C=O) groups is 1. The highest BCUT2D eigenvalue weighted by Gasteiger charge is 2.28. The molecule has 106 valence electrons. The molecule has 2 heterocycles. The lowest BCUT2D eigenvalue weighted by Gasteiger charge is -2.05. The third-order valence-corrected chi connectivity index (χ3v) is 3.89. The maximum Gasteiger partial charge on any atom is 0.235 e. The number of nitrogens with zero attached hydrogens (tertiary/aromatic N) is 6. The Kier molecular flexibility index (Phi) is 3.43. The number of aryl methyl sites for hydroxylation is 2. The Hall–Kier alpha value is -1.90. The van der Waals surface area contributed by atoms with Gasteiger partial charge < -0.3 is 5.32 Å². The predicted molar refractivity (Wildman–Crippen MR) is 73.4 cm³/mol. The van der Waals surface area contributed by atoms with Crippen LogP contribution in [0, 0.1) is 6.92 Å². The predicted octanol–water partition coefficient (Wildman–Crippen LogP) is 0.781. The van der Waals surface area contributed by atoms with Gasteiger partial charge in [0.15, 0.2) is 0 Å². The second-order valence-electron chi connectivity index (χ2n) is 4.77. The van der Waals surface area contributed by atoms with E-state index in [0.29, 0.717) is 17.0 Å². The number of nitrogens with one attached hydrogen (secondary N) is 1. The van der Waals surface area contributed by atoms with Crippen molar-refractivity contribution < 1.29 is 4.79 Å². The largest absolute Gasteiger partial charge is 0.310 e. The first kappa shape index (κ1) is 13.1. The number of thioether (sulfide) groups is 1. The van der Waals surface area contributed by atoms with Crippen LogP contribution in [0.4, 0.5) is 5.82 Å². The van der Waals surface area contributed by atoms with E-state index in [1.165, 1.54) is 11.8 Å². The highest BCUT2D eigenvalue weighted by atomic mass is 32.2. The van der Waals surface area contributed by atoms with Crippen LogP contribution in [0.5, 0.6) is 0 Å². The molecule has 0 spiro atoms. The summed E-state index contributed by atoms with van der Waals surface area (Å²) in [4.78, 5) is 11.9. The van der Waals surface area contributed by atoms with Crippen molar-refractivity contribution in [3.8, 4) is 0 Å². The van der Waals surface area contributed by atoms with Crippen LogP contribution in [-0.4, -0.2) is 41.6 Å². The SMILES string of the molecule is Cc1cc(NC(=O)CSc2nnnn2C2CC2)n(C)n1. The Bertz CT molecular complexity index is 631. The zero-order valence-corrected chi connectivity index (χ0v) is 12.1. The topological polar surface area (TPSA) is 90.5 Å². The van der Waals surface area contributed by atoms with Crippen molar-refractivity contribution in [2.45, 2.75) is 31.0 Å². The van der Waals surface area contributed by atoms with E-state index >= 15 is 0 Å². The molecule has 20 heavy (non-hydrogen) atoms. The van der Waals surface area contributed by atoms with Gasteiger partial charge in [0.2, 0.25) is 11.1 Å². The van der Waals surface area contributed by atoms with Crippen LogP contribution in [0.15, 0.2) is 11.2 Å². The summed E-state index contributed by atoms with van der Waals surface area (Å²) >= 11 is 1.35. The van der Waals surface area contributed by atoms with E-state index < -0.39 is 0 Å². The van der Waals surface area contributed by atoms with Crippen LogP contribution < -0.4 is 5.32 Å². The van der Waals surface area contributed by atoms with E-state index in [1.807, 2.05) is 13.0 Å². The Morgan fingerprint density at radius 3 is 3.00 bits per heavy atom. The number of hydrogen-bond donors (Lipinski definition) is 1. The molecule has 1 amide bonds. The molecule has 3 rings (SSSR count). The molecular formula is C11H15N7OS. The minimum Gasteiger partial charge on any atom is -0.310 e. The fourth-order valence-electron chi connectivity index (χ4n) is 1.87. The number of tetrazole rings is 1. The van der Waals surface area contributed by atoms with Crippen LogP contribution in [0.1, 0.15) is 24.6 Å². The molecule has 1 N–H and O–H groups in total. The van der Waals surface area contributed by atoms with Crippen molar-refractivity contribution >= 4 is 23.5 Å². The van der Waals surface area contributed by atoms with Crippen molar-refractivity contribution in [2.24, 2.45) is 7.05 Å². The number of amides is 1. The molecular weight excluding hydrogens is 278 g/mol. The average molecular weight is 293 g/mol. The molecule has 1 aliphatic carbocycles. The molecule has 2 aromatic heterocycles. The van der Waals surface area contributed by atoms with Crippen LogP contribution >= 0.6 is 11.8 Å². The van der Waals surface area contributed by atoms with E-state index in [2.05, 4.69) is 25.9 Å². The standard InChI is InChI=1S/C11H15N7OS/c1-7-5-9(17(2)14-7)12-10(19)6-20-11-13-15-16-18(11)8-3-4-8/h5,8H,3-4,6H2,1-2H3,(H,12,19). The van der Waals surface area contributed by atoms with E-state index in [4.69, 9.17) is 0 Å². The number of rotatable bonds is 5. The molecule has 0 atom stereocenters. The molecule has 0 aromatic carbocycles. The van der Waals surface area contributed by atoms with Crippen molar-refractivity contribution in [3.05, 3.63) is 11.8 Å². The fourth-order valence-corrected chi connectivity index (χ4v) is 2.61. The summed E-state index contributed by atoms with van der Waals surface area (Å²) in [7, 11) is 1.80. The second kappa shape index (κ2) is 5.23. The first-order valence-corrected chi connectivity index (χ1v) is 7.33. The molecule has 1 saturated carbocycles. The number of anilines is 1. The molecule has 0 bridgehead atoms. The zero-order valence-electron chi connectivity index (χ0n) is 11.3. The van der Waals surface area contributed by atoms with Gasteiger partial charge in [-0.3, -0.25) is 9.48 Å². The highest BCUT2D eigenvalue weighted by molar-refractivity contribution is 7.99. The molecule has 8 nitrogen and oxygen atoms in total. The molecule has 0 radical (unpaired) electrons. The van der Waals surface area contributed by atoms with E-state index in [1.54, 1.807) is 16.4 Å². The van der Waals surface area contributed by atoms with E-state index in [0.717, 1.165) is 18.5 Å². The van der Waals surface area contributed by atoms with Crippen molar-refractivity contribution in [1.29, 1.82) is 0 Å². The van der Waals surface area contributed by atoms with E-state index in [-0.39, 0.29) is 11.7 Å². The lowest BCUT2D eigenvalue weighted by atomic mass is 10.4. The van der Waals surface area contributed by atoms with Gasteiger partial charge in [0.25, 0.3) is 0 Å². The molecule has 1 aliphatic rings. The summed E-state index contributed by atoms with van der Waals surface area (Å²) in [6.45, 7) is 1.88. The quantitative estimate of drug-likeness (QED) is 0.819. The lowest BCUT2D eigenvalue weighted by molar-refractivity contribution is -0.113. The number of carbonyl (C=O) groups excluding carboxylic acids is 1. The average Bonchev–Trinajstić information content (AvgIpc) is 3.05. The smallest absolute Gasteiger partial charge is 0.235 e. The summed E-state index contributed by atoms with van der Waals surface area (Å²) in [6, 6.07) is 2.24. The summed E-state index contributed by atoms with van der Waals surface area (Å²) in [5.41, 5.74) is 0.869. The van der Waals surface area contributed by atoms with Gasteiger partial charge in [0.1, 0.15) is 5.82 Å². The van der Waals surface area contributed by atoms with Gasteiger partial charge in [-0.15, -0.1) is 5.10 Å². The monoisotopic (exact) mass is 293 g/mol. The zero-order chi connectivity index (χ0) is 14.1. The van der Waals surface area contributed by atoms with Crippen LogP contribution in [-0.2, 0) is 11.8 Å². The first-order chi connectivity index (χ1) is 9.63. The Labute approximate surface area is 119 Å². The highest BCUT2D eigenvalue weighted by Crippen LogP contribution is 2.36. The maximum absolute atomic E-state index is 11.9. The first-order valence-electron chi connectivity index (χ1n) is 6.34. The summed E-state index contributed by atoms with van der Waals surface area (Å²) in [5.74, 6) is 0.871. The molecule has 0 unspecified atom stereocenters. The molecule has 9 heteroatoms. The van der Waals surface area contributed by atoms with E-state index in [9.17, 15) is 4.79 Å². The van der Waals surface area contributed by atoms with Crippen molar-refractivity contribution in [2.75, 3.05) is 11.1 Å². The third-order valence-electron chi connectivity index (χ3n) is 2.96. The molecule has 0 aliphatic heterocycles. The van der Waals surface area contributed by atoms with Gasteiger partial charge in [0.05, 0.1) is 17.5 Å². The van der Waals surface area contributed by atoms with Gasteiger partial charge >= 0.3 is 0 Å².